The summed E-state index contributed by atoms with van der Waals surface area (Å²) in [6.07, 6.45) is 4.46. The molecular formula is C46H42Cl2N2. The van der Waals surface area contributed by atoms with Crippen molar-refractivity contribution < 1.29 is 0 Å². The van der Waals surface area contributed by atoms with E-state index < -0.39 is 0 Å². The third-order valence-electron chi connectivity index (χ3n) is 9.01. The molecule has 250 valence electrons. The van der Waals surface area contributed by atoms with Gasteiger partial charge >= 0.3 is 0 Å². The van der Waals surface area contributed by atoms with Crippen LogP contribution in [0, 0.1) is 0 Å². The zero-order chi connectivity index (χ0) is 34.7. The summed E-state index contributed by atoms with van der Waals surface area (Å²) in [6, 6.07) is 55.3. The molecule has 0 aliphatic heterocycles. The molecule has 0 spiro atoms. The van der Waals surface area contributed by atoms with Gasteiger partial charge in [-0.05, 0) is 107 Å². The fraction of sp³-hybridized carbons (Fsp3) is 0.130. The van der Waals surface area contributed by atoms with E-state index in [1.807, 2.05) is 24.3 Å². The Hall–Kier alpha value is -5.02. The average Bonchev–Trinajstić information content (AvgIpc) is 3.16. The molecular weight excluding hydrogens is 651 g/mol. The van der Waals surface area contributed by atoms with Crippen LogP contribution in [-0.4, -0.2) is 13.1 Å². The van der Waals surface area contributed by atoms with Crippen LogP contribution >= 0.6 is 23.2 Å². The van der Waals surface area contributed by atoms with Crippen molar-refractivity contribution in [3.63, 3.8) is 0 Å². The molecule has 6 aromatic carbocycles. The predicted octanol–water partition coefficient (Wildman–Crippen LogP) is 12.6. The lowest BCUT2D eigenvalue weighted by atomic mass is 9.93. The van der Waals surface area contributed by atoms with E-state index >= 15 is 0 Å². The standard InChI is InChI=1S/C46H42Cl2N2/c1-3-49(4-2)43-27-19-39(20-28-43)46(32-31-45(37-15-23-41(47)24-16-37)38-17-25-42(48)26-18-38)40-21-29-44(30-22-40)50(33-35-11-7-5-8-12-35)34-36-13-9-6-10-14-36/h5-32H,3-4,33-34H2,1-2H3/b46-32-. The second kappa shape index (κ2) is 17.1. The molecule has 0 aromatic heterocycles. The van der Waals surface area contributed by atoms with Gasteiger partial charge in [0.25, 0.3) is 0 Å². The van der Waals surface area contributed by atoms with Crippen LogP contribution in [0.3, 0.4) is 0 Å². The number of hydrogen-bond acceptors (Lipinski definition) is 2. The monoisotopic (exact) mass is 692 g/mol. The van der Waals surface area contributed by atoms with Crippen molar-refractivity contribution in [3.05, 3.63) is 213 Å². The van der Waals surface area contributed by atoms with Gasteiger partial charge < -0.3 is 9.80 Å². The van der Waals surface area contributed by atoms with Gasteiger partial charge in [-0.25, -0.2) is 0 Å². The minimum atomic E-state index is 0.711. The molecule has 0 saturated heterocycles. The van der Waals surface area contributed by atoms with Crippen LogP contribution in [0.2, 0.25) is 10.0 Å². The quantitative estimate of drug-likeness (QED) is 0.111. The minimum absolute atomic E-state index is 0.711. The largest absolute Gasteiger partial charge is 0.372 e. The van der Waals surface area contributed by atoms with Crippen molar-refractivity contribution in [1.82, 2.24) is 0 Å². The molecule has 0 unspecified atom stereocenters. The van der Waals surface area contributed by atoms with Gasteiger partial charge in [0, 0.05) is 47.6 Å². The first-order valence-electron chi connectivity index (χ1n) is 17.2. The van der Waals surface area contributed by atoms with Gasteiger partial charge in [0.05, 0.1) is 0 Å². The molecule has 0 saturated carbocycles. The number of nitrogens with zero attached hydrogens (tertiary/aromatic N) is 2. The highest BCUT2D eigenvalue weighted by Gasteiger charge is 2.13. The number of rotatable bonds is 13. The van der Waals surface area contributed by atoms with Crippen molar-refractivity contribution in [3.8, 4) is 0 Å². The highest BCUT2D eigenvalue weighted by Crippen LogP contribution is 2.32. The molecule has 4 heteroatoms. The number of benzene rings is 6. The second-order valence-electron chi connectivity index (χ2n) is 12.3. The van der Waals surface area contributed by atoms with Crippen LogP contribution in [-0.2, 0) is 13.1 Å². The van der Waals surface area contributed by atoms with E-state index in [-0.39, 0.29) is 0 Å². The van der Waals surface area contributed by atoms with Crippen LogP contribution in [0.5, 0.6) is 0 Å². The second-order valence-corrected chi connectivity index (χ2v) is 13.1. The van der Waals surface area contributed by atoms with Gasteiger partial charge in [-0.3, -0.25) is 0 Å². The predicted molar refractivity (Wildman–Crippen MR) is 216 cm³/mol. The Morgan fingerprint density at radius 2 is 0.740 bits per heavy atom. The Bertz CT molecular complexity index is 1910. The number of hydrogen-bond donors (Lipinski definition) is 0. The summed E-state index contributed by atoms with van der Waals surface area (Å²) < 4.78 is 0. The Balaban J connectivity index is 1.42. The minimum Gasteiger partial charge on any atom is -0.372 e. The summed E-state index contributed by atoms with van der Waals surface area (Å²) in [5.74, 6) is 0. The van der Waals surface area contributed by atoms with Crippen LogP contribution in [0.15, 0.2) is 170 Å². The van der Waals surface area contributed by atoms with Crippen LogP contribution < -0.4 is 9.80 Å². The molecule has 6 rings (SSSR count). The Kier molecular flexibility index (Phi) is 11.9. The molecule has 0 amide bonds. The molecule has 0 atom stereocenters. The molecule has 0 bridgehead atoms. The maximum atomic E-state index is 6.30. The zero-order valence-corrected chi connectivity index (χ0v) is 30.2. The maximum Gasteiger partial charge on any atom is 0.0433 e. The lowest BCUT2D eigenvalue weighted by molar-refractivity contribution is 0.800. The lowest BCUT2D eigenvalue weighted by Crippen LogP contribution is -2.22. The first kappa shape index (κ1) is 34.8. The maximum absolute atomic E-state index is 6.30. The van der Waals surface area contributed by atoms with Crippen molar-refractivity contribution >= 4 is 45.7 Å². The van der Waals surface area contributed by atoms with Gasteiger partial charge in [0.15, 0.2) is 0 Å². The molecule has 2 nitrogen and oxygen atoms in total. The smallest absolute Gasteiger partial charge is 0.0433 e. The van der Waals surface area contributed by atoms with Gasteiger partial charge in [-0.2, -0.15) is 0 Å². The molecule has 50 heavy (non-hydrogen) atoms. The summed E-state index contributed by atoms with van der Waals surface area (Å²) in [5.41, 5.74) is 11.7. The summed E-state index contributed by atoms with van der Waals surface area (Å²) in [6.45, 7) is 7.97. The van der Waals surface area contributed by atoms with Gasteiger partial charge in [-0.15, -0.1) is 0 Å². The SMILES string of the molecule is CCN(CC)c1ccc(/C(=C/C=C(c2ccc(Cl)cc2)c2ccc(Cl)cc2)c2ccc(N(Cc3ccccc3)Cc3ccccc3)cc2)cc1. The van der Waals surface area contributed by atoms with E-state index in [1.165, 1.54) is 22.5 Å². The van der Waals surface area contributed by atoms with Crippen LogP contribution in [0.25, 0.3) is 11.1 Å². The molecule has 0 fully saturated rings. The van der Waals surface area contributed by atoms with Crippen molar-refractivity contribution in [2.45, 2.75) is 26.9 Å². The number of anilines is 2. The summed E-state index contributed by atoms with van der Waals surface area (Å²) in [7, 11) is 0. The van der Waals surface area contributed by atoms with Gasteiger partial charge in [0.2, 0.25) is 0 Å². The van der Waals surface area contributed by atoms with E-state index in [0.717, 1.165) is 59.6 Å². The molecule has 0 aliphatic carbocycles. The molecule has 0 aliphatic rings. The fourth-order valence-electron chi connectivity index (χ4n) is 6.28. The van der Waals surface area contributed by atoms with Gasteiger partial charge in [-0.1, -0.05) is 145 Å². The lowest BCUT2D eigenvalue weighted by Gasteiger charge is -2.26. The third kappa shape index (κ3) is 8.95. The fourth-order valence-corrected chi connectivity index (χ4v) is 6.53. The summed E-state index contributed by atoms with van der Waals surface area (Å²) in [5, 5.41) is 1.42. The summed E-state index contributed by atoms with van der Waals surface area (Å²) in [4.78, 5) is 4.81. The molecule has 6 aromatic rings. The Morgan fingerprint density at radius 1 is 0.420 bits per heavy atom. The zero-order valence-electron chi connectivity index (χ0n) is 28.6. The van der Waals surface area contributed by atoms with E-state index in [4.69, 9.17) is 23.2 Å². The topological polar surface area (TPSA) is 6.48 Å². The number of allylic oxidation sites excluding steroid dienone is 2. The van der Waals surface area contributed by atoms with Crippen molar-refractivity contribution in [1.29, 1.82) is 0 Å². The van der Waals surface area contributed by atoms with Crippen LogP contribution in [0.4, 0.5) is 11.4 Å². The van der Waals surface area contributed by atoms with E-state index in [2.05, 4.69) is 169 Å². The van der Waals surface area contributed by atoms with Gasteiger partial charge in [0.1, 0.15) is 0 Å². The van der Waals surface area contributed by atoms with Crippen LogP contribution in [0.1, 0.15) is 47.2 Å². The van der Waals surface area contributed by atoms with E-state index in [0.29, 0.717) is 10.0 Å². The molecule has 0 radical (unpaired) electrons. The Morgan fingerprint density at radius 3 is 1.08 bits per heavy atom. The van der Waals surface area contributed by atoms with Crippen molar-refractivity contribution in [2.24, 2.45) is 0 Å². The summed E-state index contributed by atoms with van der Waals surface area (Å²) >= 11 is 12.6. The normalized spacial score (nSPS) is 11.2. The van der Waals surface area contributed by atoms with E-state index in [1.54, 1.807) is 0 Å². The average molecular weight is 694 g/mol. The molecule has 0 N–H and O–H groups in total. The molecule has 0 heterocycles. The van der Waals surface area contributed by atoms with E-state index in [9.17, 15) is 0 Å². The highest BCUT2D eigenvalue weighted by molar-refractivity contribution is 6.31. The Labute approximate surface area is 307 Å². The first-order valence-corrected chi connectivity index (χ1v) is 18.0. The van der Waals surface area contributed by atoms with Crippen molar-refractivity contribution in [2.75, 3.05) is 22.9 Å². The third-order valence-corrected chi connectivity index (χ3v) is 9.51. The highest BCUT2D eigenvalue weighted by atomic mass is 35.5. The number of halogens is 2. The first-order chi connectivity index (χ1) is 24.5.